The number of hydrogen-bond donors (Lipinski definition) is 1. The monoisotopic (exact) mass is 526 g/mol. The maximum Gasteiger partial charge on any atom is 0.281 e. The molecule has 10 nitrogen and oxygen atoms in total. The van der Waals surface area contributed by atoms with Gasteiger partial charge in [-0.05, 0) is 56.5 Å². The summed E-state index contributed by atoms with van der Waals surface area (Å²) in [5.41, 5.74) is -0.0749. The molecule has 0 saturated carbocycles. The summed E-state index contributed by atoms with van der Waals surface area (Å²) in [5, 5.41) is -0.382. The number of nitrogens with one attached hydrogen (secondary N) is 1. The zero-order valence-electron chi connectivity index (χ0n) is 21.4. The van der Waals surface area contributed by atoms with Crippen molar-refractivity contribution in [2.45, 2.75) is 37.8 Å². The Morgan fingerprint density at radius 3 is 2.35 bits per heavy atom. The SMILES string of the molecule is COc1cccc(OC)c1Oc1cccc(S(=O)(=O)NC(=O)c2cccnc2N2CCC(C)C2(C)C)n1. The number of anilines is 1. The number of para-hydroxylation sites is 1. The Bertz CT molecular complexity index is 1390. The fourth-order valence-corrected chi connectivity index (χ4v) is 5.18. The number of pyridine rings is 2. The van der Waals surface area contributed by atoms with Crippen LogP contribution in [-0.2, 0) is 10.0 Å². The lowest BCUT2D eigenvalue weighted by molar-refractivity contribution is 0.0981. The predicted molar refractivity (Wildman–Crippen MR) is 138 cm³/mol. The molecule has 0 radical (unpaired) electrons. The average Bonchev–Trinajstić information content (AvgIpc) is 3.15. The summed E-state index contributed by atoms with van der Waals surface area (Å²) >= 11 is 0. The quantitative estimate of drug-likeness (QED) is 0.464. The van der Waals surface area contributed by atoms with Crippen LogP contribution in [0.25, 0.3) is 0 Å². The van der Waals surface area contributed by atoms with Crippen LogP contribution in [-0.4, -0.2) is 50.6 Å². The van der Waals surface area contributed by atoms with Gasteiger partial charge in [0, 0.05) is 24.3 Å². The smallest absolute Gasteiger partial charge is 0.281 e. The Morgan fingerprint density at radius 1 is 1.05 bits per heavy atom. The van der Waals surface area contributed by atoms with Gasteiger partial charge in [-0.1, -0.05) is 19.1 Å². The molecule has 1 N–H and O–H groups in total. The van der Waals surface area contributed by atoms with E-state index in [1.54, 1.807) is 36.5 Å². The lowest BCUT2D eigenvalue weighted by Gasteiger charge is -2.36. The summed E-state index contributed by atoms with van der Waals surface area (Å²) in [7, 11) is -1.38. The van der Waals surface area contributed by atoms with E-state index in [2.05, 4.69) is 35.5 Å². The van der Waals surface area contributed by atoms with Crippen LogP contribution in [0.3, 0.4) is 0 Å². The maximum absolute atomic E-state index is 13.2. The number of hydrogen-bond acceptors (Lipinski definition) is 9. The third kappa shape index (κ3) is 5.17. The molecule has 1 amide bonds. The highest BCUT2D eigenvalue weighted by Gasteiger charge is 2.40. The number of carbonyl (C=O) groups excluding carboxylic acids is 1. The Labute approximate surface area is 216 Å². The molecule has 11 heteroatoms. The van der Waals surface area contributed by atoms with E-state index in [-0.39, 0.29) is 27.8 Å². The predicted octanol–water partition coefficient (Wildman–Crippen LogP) is 4.03. The van der Waals surface area contributed by atoms with Gasteiger partial charge in [-0.2, -0.15) is 13.4 Å². The van der Waals surface area contributed by atoms with Crippen molar-refractivity contribution in [1.29, 1.82) is 0 Å². The fourth-order valence-electron chi connectivity index (χ4n) is 4.25. The van der Waals surface area contributed by atoms with Crippen LogP contribution < -0.4 is 23.8 Å². The number of amides is 1. The summed E-state index contributed by atoms with van der Waals surface area (Å²) in [6, 6.07) is 12.5. The minimum absolute atomic E-state index is 0.0204. The van der Waals surface area contributed by atoms with Crippen molar-refractivity contribution in [3.63, 3.8) is 0 Å². The molecule has 4 rings (SSSR count). The Morgan fingerprint density at radius 2 is 1.73 bits per heavy atom. The molecule has 1 unspecified atom stereocenters. The fraction of sp³-hybridized carbons (Fsp3) is 0.346. The molecule has 1 fully saturated rings. The largest absolute Gasteiger partial charge is 0.493 e. The van der Waals surface area contributed by atoms with E-state index in [1.165, 1.54) is 32.4 Å². The third-order valence-corrected chi connectivity index (χ3v) is 8.00. The van der Waals surface area contributed by atoms with Gasteiger partial charge in [-0.25, -0.2) is 9.71 Å². The van der Waals surface area contributed by atoms with E-state index in [4.69, 9.17) is 14.2 Å². The van der Waals surface area contributed by atoms with Crippen molar-refractivity contribution in [3.05, 3.63) is 60.3 Å². The van der Waals surface area contributed by atoms with E-state index >= 15 is 0 Å². The lowest BCUT2D eigenvalue weighted by atomic mass is 9.90. The highest BCUT2D eigenvalue weighted by atomic mass is 32.2. The number of carbonyl (C=O) groups is 1. The van der Waals surface area contributed by atoms with Gasteiger partial charge in [0.05, 0.1) is 19.8 Å². The number of ether oxygens (including phenoxy) is 3. The molecule has 37 heavy (non-hydrogen) atoms. The third-order valence-electron chi connectivity index (χ3n) is 6.76. The van der Waals surface area contributed by atoms with Gasteiger partial charge in [0.1, 0.15) is 5.82 Å². The molecule has 3 aromatic rings. The van der Waals surface area contributed by atoms with E-state index < -0.39 is 15.9 Å². The van der Waals surface area contributed by atoms with Crippen LogP contribution in [0, 0.1) is 5.92 Å². The highest BCUT2D eigenvalue weighted by molar-refractivity contribution is 7.90. The topological polar surface area (TPSA) is 120 Å². The molecule has 1 saturated heterocycles. The molecular weight excluding hydrogens is 496 g/mol. The summed E-state index contributed by atoms with van der Waals surface area (Å²) in [6.07, 6.45) is 2.53. The summed E-state index contributed by atoms with van der Waals surface area (Å²) in [4.78, 5) is 23.8. The van der Waals surface area contributed by atoms with Crippen molar-refractivity contribution < 1.29 is 27.4 Å². The Kier molecular flexibility index (Phi) is 7.26. The second-order valence-corrected chi connectivity index (χ2v) is 10.8. The standard InChI is InChI=1S/C26H30N4O6S/c1-17-14-16-30(26(17,2)3)24-18(9-8-15-27-24)25(31)29-37(32,33)22-13-7-12-21(28-22)36-23-19(34-4)10-6-11-20(23)35-5/h6-13,15,17H,14,16H2,1-5H3,(H,29,31). The van der Waals surface area contributed by atoms with E-state index in [1.807, 2.05) is 4.90 Å². The Balaban J connectivity index is 1.60. The van der Waals surface area contributed by atoms with Gasteiger partial charge >= 0.3 is 0 Å². The van der Waals surface area contributed by atoms with Gasteiger partial charge in [-0.15, -0.1) is 0 Å². The lowest BCUT2D eigenvalue weighted by Crippen LogP contribution is -2.43. The molecule has 0 spiro atoms. The van der Waals surface area contributed by atoms with Crippen molar-refractivity contribution in [1.82, 2.24) is 14.7 Å². The first-order chi connectivity index (χ1) is 17.6. The van der Waals surface area contributed by atoms with Crippen LogP contribution in [0.15, 0.2) is 59.8 Å². The van der Waals surface area contributed by atoms with E-state index in [9.17, 15) is 13.2 Å². The molecular formula is C26H30N4O6S. The first kappa shape index (κ1) is 26.2. The number of methoxy groups -OCH3 is 2. The number of rotatable bonds is 8. The second-order valence-electron chi connectivity index (χ2n) is 9.21. The van der Waals surface area contributed by atoms with Crippen LogP contribution in [0.4, 0.5) is 5.82 Å². The normalized spacial score (nSPS) is 16.8. The minimum atomic E-state index is -4.33. The van der Waals surface area contributed by atoms with Crippen LogP contribution >= 0.6 is 0 Å². The van der Waals surface area contributed by atoms with Crippen molar-refractivity contribution in [2.24, 2.45) is 5.92 Å². The number of sulfonamides is 1. The molecule has 1 atom stereocenters. The first-order valence-electron chi connectivity index (χ1n) is 11.7. The highest BCUT2D eigenvalue weighted by Crippen LogP contribution is 2.40. The minimum Gasteiger partial charge on any atom is -0.493 e. The van der Waals surface area contributed by atoms with E-state index in [0.29, 0.717) is 29.8 Å². The van der Waals surface area contributed by atoms with Gasteiger partial charge in [0.15, 0.2) is 16.5 Å². The van der Waals surface area contributed by atoms with Crippen LogP contribution in [0.1, 0.15) is 37.6 Å². The van der Waals surface area contributed by atoms with Crippen LogP contribution in [0.2, 0.25) is 0 Å². The van der Waals surface area contributed by atoms with E-state index in [0.717, 1.165) is 6.42 Å². The van der Waals surface area contributed by atoms with Crippen molar-refractivity contribution >= 4 is 21.7 Å². The summed E-state index contributed by atoms with van der Waals surface area (Å²) in [5.74, 6) is 1.00. The average molecular weight is 527 g/mol. The molecule has 0 aliphatic carbocycles. The molecule has 1 aliphatic heterocycles. The Hall–Kier alpha value is -3.86. The maximum atomic E-state index is 13.2. The van der Waals surface area contributed by atoms with Crippen molar-refractivity contribution in [3.8, 4) is 23.1 Å². The molecule has 1 aromatic carbocycles. The zero-order valence-corrected chi connectivity index (χ0v) is 22.2. The summed E-state index contributed by atoms with van der Waals surface area (Å²) < 4.78 is 44.9. The van der Waals surface area contributed by atoms with Gasteiger partial charge in [0.2, 0.25) is 11.6 Å². The van der Waals surface area contributed by atoms with Gasteiger partial charge < -0.3 is 19.1 Å². The van der Waals surface area contributed by atoms with Crippen molar-refractivity contribution in [2.75, 3.05) is 25.7 Å². The molecule has 2 aromatic heterocycles. The molecule has 3 heterocycles. The molecule has 1 aliphatic rings. The number of nitrogens with zero attached hydrogens (tertiary/aromatic N) is 3. The number of benzene rings is 1. The van der Waals surface area contributed by atoms with Gasteiger partial charge in [-0.3, -0.25) is 4.79 Å². The zero-order chi connectivity index (χ0) is 26.8. The summed E-state index contributed by atoms with van der Waals surface area (Å²) in [6.45, 7) is 7.04. The van der Waals surface area contributed by atoms with Crippen LogP contribution in [0.5, 0.6) is 23.1 Å². The first-order valence-corrected chi connectivity index (χ1v) is 13.2. The number of aromatic nitrogens is 2. The molecule has 196 valence electrons. The van der Waals surface area contributed by atoms with Gasteiger partial charge in [0.25, 0.3) is 15.9 Å². The second kappa shape index (κ2) is 10.3. The molecule has 0 bridgehead atoms.